The summed E-state index contributed by atoms with van der Waals surface area (Å²) in [4.78, 5) is 2.32. The van der Waals surface area contributed by atoms with Crippen LogP contribution in [0.5, 0.6) is 0 Å². The van der Waals surface area contributed by atoms with E-state index in [2.05, 4.69) is 30.1 Å². The first-order valence-corrected chi connectivity index (χ1v) is 6.33. The molecule has 0 aromatic heterocycles. The maximum Gasteiger partial charge on any atom is 0.0560 e. The predicted octanol–water partition coefficient (Wildman–Crippen LogP) is 1.20. The van der Waals surface area contributed by atoms with Crippen molar-refractivity contribution in [3.8, 4) is 0 Å². The van der Waals surface area contributed by atoms with Gasteiger partial charge in [-0.15, -0.1) is 0 Å². The fourth-order valence-electron chi connectivity index (χ4n) is 2.85. The van der Waals surface area contributed by atoms with E-state index < -0.39 is 0 Å². The average Bonchev–Trinajstić information content (AvgIpc) is 2.65. The van der Waals surface area contributed by atoms with Crippen LogP contribution in [0.25, 0.3) is 0 Å². The van der Waals surface area contributed by atoms with Gasteiger partial charge in [0.15, 0.2) is 0 Å². The van der Waals surface area contributed by atoms with Gasteiger partial charge in [-0.1, -0.05) is 12.1 Å². The predicted molar refractivity (Wildman–Crippen MR) is 69.4 cm³/mol. The molecule has 1 aromatic rings. The summed E-state index contributed by atoms with van der Waals surface area (Å²) >= 11 is 0. The molecule has 2 aliphatic heterocycles. The average molecular weight is 232 g/mol. The fraction of sp³-hybridized carbons (Fsp3) is 0.571. The number of nitrogens with two attached hydrogens (primary N) is 1. The van der Waals surface area contributed by atoms with Gasteiger partial charge in [0.1, 0.15) is 0 Å². The van der Waals surface area contributed by atoms with Crippen molar-refractivity contribution < 1.29 is 4.74 Å². The van der Waals surface area contributed by atoms with Crippen molar-refractivity contribution in [1.29, 1.82) is 0 Å². The first-order chi connectivity index (χ1) is 8.22. The zero-order valence-electron chi connectivity index (χ0n) is 10.4. The Hall–Kier alpha value is -1.06. The zero-order chi connectivity index (χ0) is 11.9. The molecule has 92 valence electrons. The number of hydrogen-bond donors (Lipinski definition) is 1. The molecule has 2 N–H and O–H groups in total. The van der Waals surface area contributed by atoms with E-state index in [1.54, 1.807) is 0 Å². The minimum absolute atomic E-state index is 0.207. The molecule has 0 spiro atoms. The molecule has 2 aliphatic rings. The molecule has 0 bridgehead atoms. The molecule has 0 unspecified atom stereocenters. The minimum atomic E-state index is 0.207. The number of rotatable bonds is 3. The number of likely N-dealkylation sites (N-methyl/N-ethyl adjacent to an activating group) is 1. The molecule has 0 amide bonds. The van der Waals surface area contributed by atoms with Gasteiger partial charge >= 0.3 is 0 Å². The summed E-state index contributed by atoms with van der Waals surface area (Å²) in [7, 11) is 2.16. The van der Waals surface area contributed by atoms with Gasteiger partial charge in [0.25, 0.3) is 0 Å². The Bertz CT molecular complexity index is 421. The maximum atomic E-state index is 5.86. The summed E-state index contributed by atoms with van der Waals surface area (Å²) < 4.78 is 5.32. The highest BCUT2D eigenvalue weighted by atomic mass is 16.5. The zero-order valence-corrected chi connectivity index (χ0v) is 10.4. The first kappa shape index (κ1) is 11.1. The van der Waals surface area contributed by atoms with Crippen molar-refractivity contribution in [3.63, 3.8) is 0 Å². The van der Waals surface area contributed by atoms with Crippen LogP contribution in [0.4, 0.5) is 5.69 Å². The second kappa shape index (κ2) is 4.00. The van der Waals surface area contributed by atoms with Crippen molar-refractivity contribution in [2.45, 2.75) is 12.8 Å². The Morgan fingerprint density at radius 2 is 2.24 bits per heavy atom. The summed E-state index contributed by atoms with van der Waals surface area (Å²) in [6.45, 7) is 3.51. The summed E-state index contributed by atoms with van der Waals surface area (Å²) in [6, 6.07) is 6.85. The molecular formula is C14H20N2O. The lowest BCUT2D eigenvalue weighted by molar-refractivity contribution is -0.106. The van der Waals surface area contributed by atoms with E-state index >= 15 is 0 Å². The van der Waals surface area contributed by atoms with Gasteiger partial charge in [-0.2, -0.15) is 0 Å². The maximum absolute atomic E-state index is 5.86. The highest BCUT2D eigenvalue weighted by Crippen LogP contribution is 2.33. The van der Waals surface area contributed by atoms with Crippen LogP contribution in [0.15, 0.2) is 18.2 Å². The van der Waals surface area contributed by atoms with Gasteiger partial charge in [-0.3, -0.25) is 0 Å². The lowest BCUT2D eigenvalue weighted by atomic mass is 9.79. The van der Waals surface area contributed by atoms with Crippen LogP contribution in [0.1, 0.15) is 11.1 Å². The van der Waals surface area contributed by atoms with E-state index in [0.717, 1.165) is 32.7 Å². The third kappa shape index (κ3) is 1.83. The van der Waals surface area contributed by atoms with Gasteiger partial charge in [0.05, 0.1) is 13.2 Å². The molecule has 1 saturated heterocycles. The van der Waals surface area contributed by atoms with Crippen molar-refractivity contribution >= 4 is 5.69 Å². The number of benzene rings is 1. The van der Waals surface area contributed by atoms with Crippen LogP contribution in [0.2, 0.25) is 0 Å². The Morgan fingerprint density at radius 3 is 2.88 bits per heavy atom. The molecule has 3 rings (SSSR count). The Kier molecular flexibility index (Phi) is 2.60. The molecule has 0 radical (unpaired) electrons. The van der Waals surface area contributed by atoms with Crippen LogP contribution in [-0.2, 0) is 17.6 Å². The van der Waals surface area contributed by atoms with Crippen LogP contribution in [0.3, 0.4) is 0 Å². The van der Waals surface area contributed by atoms with E-state index in [0.29, 0.717) is 0 Å². The van der Waals surface area contributed by atoms with Crippen LogP contribution >= 0.6 is 0 Å². The quantitative estimate of drug-likeness (QED) is 0.851. The topological polar surface area (TPSA) is 38.5 Å². The normalized spacial score (nSPS) is 21.2. The molecular weight excluding hydrogens is 212 g/mol. The lowest BCUT2D eigenvalue weighted by Crippen LogP contribution is -2.49. The van der Waals surface area contributed by atoms with E-state index in [9.17, 15) is 0 Å². The second-order valence-electron chi connectivity index (χ2n) is 5.51. The largest absolute Gasteiger partial charge is 0.380 e. The minimum Gasteiger partial charge on any atom is -0.380 e. The Balaban J connectivity index is 1.81. The van der Waals surface area contributed by atoms with Crippen molar-refractivity contribution in [2.75, 3.05) is 38.3 Å². The van der Waals surface area contributed by atoms with Gasteiger partial charge in [0, 0.05) is 31.2 Å². The van der Waals surface area contributed by atoms with E-state index in [1.807, 2.05) is 0 Å². The molecule has 1 aromatic carbocycles. The number of anilines is 1. The van der Waals surface area contributed by atoms with Crippen molar-refractivity contribution in [1.82, 2.24) is 0 Å². The number of hydrogen-bond acceptors (Lipinski definition) is 3. The van der Waals surface area contributed by atoms with E-state index in [1.165, 1.54) is 23.2 Å². The molecule has 0 aliphatic carbocycles. The standard InChI is InChI=1S/C14H20N2O/c1-16-5-4-12-6-11(2-3-13(12)16)7-14(8-15)9-17-10-14/h2-3,6H,4-5,7-10,15H2,1H3. The summed E-state index contributed by atoms with van der Waals surface area (Å²) in [5.41, 5.74) is 10.4. The van der Waals surface area contributed by atoms with Crippen LogP contribution < -0.4 is 10.6 Å². The number of fused-ring (bicyclic) bond motifs is 1. The van der Waals surface area contributed by atoms with Gasteiger partial charge in [-0.25, -0.2) is 0 Å². The van der Waals surface area contributed by atoms with Crippen molar-refractivity contribution in [2.24, 2.45) is 11.1 Å². The summed E-state index contributed by atoms with van der Waals surface area (Å²) in [5, 5.41) is 0. The lowest BCUT2D eigenvalue weighted by Gasteiger charge is -2.40. The Labute approximate surface area is 103 Å². The van der Waals surface area contributed by atoms with Crippen LogP contribution in [0, 0.1) is 5.41 Å². The highest BCUT2D eigenvalue weighted by Gasteiger charge is 2.37. The summed E-state index contributed by atoms with van der Waals surface area (Å²) in [6.07, 6.45) is 2.23. The molecule has 3 nitrogen and oxygen atoms in total. The van der Waals surface area contributed by atoms with E-state index in [4.69, 9.17) is 10.5 Å². The summed E-state index contributed by atoms with van der Waals surface area (Å²) in [5.74, 6) is 0. The SMILES string of the molecule is CN1CCc2cc(CC3(CN)COC3)ccc21. The highest BCUT2D eigenvalue weighted by molar-refractivity contribution is 5.58. The number of nitrogens with zero attached hydrogens (tertiary/aromatic N) is 1. The molecule has 0 atom stereocenters. The Morgan fingerprint density at radius 1 is 1.41 bits per heavy atom. The van der Waals surface area contributed by atoms with Crippen molar-refractivity contribution in [3.05, 3.63) is 29.3 Å². The number of ether oxygens (including phenoxy) is 1. The van der Waals surface area contributed by atoms with Gasteiger partial charge in [-0.05, 0) is 30.0 Å². The molecule has 17 heavy (non-hydrogen) atoms. The molecule has 2 heterocycles. The monoisotopic (exact) mass is 232 g/mol. The first-order valence-electron chi connectivity index (χ1n) is 6.33. The molecule has 0 saturated carbocycles. The van der Waals surface area contributed by atoms with Gasteiger partial charge in [0.2, 0.25) is 0 Å². The fourth-order valence-corrected chi connectivity index (χ4v) is 2.85. The smallest absolute Gasteiger partial charge is 0.0560 e. The third-order valence-electron chi connectivity index (χ3n) is 4.10. The third-order valence-corrected chi connectivity index (χ3v) is 4.10. The van der Waals surface area contributed by atoms with Crippen LogP contribution in [-0.4, -0.2) is 33.4 Å². The molecule has 3 heteroatoms. The molecule has 1 fully saturated rings. The van der Waals surface area contributed by atoms with E-state index in [-0.39, 0.29) is 5.41 Å². The van der Waals surface area contributed by atoms with Gasteiger partial charge < -0.3 is 15.4 Å². The second-order valence-corrected chi connectivity index (χ2v) is 5.51.